The molecule has 0 aliphatic rings. The van der Waals surface area contributed by atoms with Crippen molar-refractivity contribution in [2.75, 3.05) is 25.0 Å². The Hall–Kier alpha value is -2.62. The molecule has 0 saturated heterocycles. The second-order valence-electron chi connectivity index (χ2n) is 9.43. The maximum absolute atomic E-state index is 3.88. The SMILES string of the molecule is CCCCNc1ccc(C(NCCCC)c2ccccc2)cc1C(NCCCC)c1ccccc1. The van der Waals surface area contributed by atoms with Crippen molar-refractivity contribution in [3.8, 4) is 0 Å². The summed E-state index contributed by atoms with van der Waals surface area (Å²) in [4.78, 5) is 0. The van der Waals surface area contributed by atoms with E-state index in [1.165, 1.54) is 66.5 Å². The average molecular weight is 472 g/mol. The molecule has 2 atom stereocenters. The maximum Gasteiger partial charge on any atom is 0.0597 e. The minimum absolute atomic E-state index is 0.152. The van der Waals surface area contributed by atoms with Crippen LogP contribution in [0.25, 0.3) is 0 Å². The molecule has 0 heterocycles. The first-order valence-corrected chi connectivity index (χ1v) is 13.7. The van der Waals surface area contributed by atoms with Gasteiger partial charge in [0, 0.05) is 12.2 Å². The van der Waals surface area contributed by atoms with E-state index in [1.54, 1.807) is 0 Å². The second kappa shape index (κ2) is 15.4. The summed E-state index contributed by atoms with van der Waals surface area (Å²) in [5.41, 5.74) is 6.52. The normalized spacial score (nSPS) is 12.9. The van der Waals surface area contributed by atoms with E-state index in [0.717, 1.165) is 19.6 Å². The first kappa shape index (κ1) is 27.0. The van der Waals surface area contributed by atoms with E-state index in [9.17, 15) is 0 Å². The van der Waals surface area contributed by atoms with E-state index < -0.39 is 0 Å². The lowest BCUT2D eigenvalue weighted by molar-refractivity contribution is 0.569. The molecule has 2 unspecified atom stereocenters. The molecule has 0 aliphatic heterocycles. The van der Waals surface area contributed by atoms with Gasteiger partial charge >= 0.3 is 0 Å². The van der Waals surface area contributed by atoms with Gasteiger partial charge in [-0.2, -0.15) is 0 Å². The molecule has 0 fully saturated rings. The highest BCUT2D eigenvalue weighted by Gasteiger charge is 2.21. The molecule has 3 aromatic rings. The second-order valence-corrected chi connectivity index (χ2v) is 9.43. The van der Waals surface area contributed by atoms with Crippen LogP contribution >= 0.6 is 0 Å². The molecule has 35 heavy (non-hydrogen) atoms. The summed E-state index contributed by atoms with van der Waals surface area (Å²) in [6.45, 7) is 9.77. The van der Waals surface area contributed by atoms with Crippen LogP contribution in [-0.2, 0) is 0 Å². The first-order chi connectivity index (χ1) is 17.3. The quantitative estimate of drug-likeness (QED) is 0.186. The zero-order valence-corrected chi connectivity index (χ0v) is 22.0. The Kier molecular flexibility index (Phi) is 11.9. The van der Waals surface area contributed by atoms with Crippen molar-refractivity contribution in [3.63, 3.8) is 0 Å². The number of hydrogen-bond donors (Lipinski definition) is 3. The Labute approximate surface area is 213 Å². The van der Waals surface area contributed by atoms with Gasteiger partial charge in [-0.1, -0.05) is 107 Å². The summed E-state index contributed by atoms with van der Waals surface area (Å²) in [6.07, 6.45) is 7.09. The maximum atomic E-state index is 3.88. The fourth-order valence-corrected chi connectivity index (χ4v) is 4.53. The summed E-state index contributed by atoms with van der Waals surface area (Å²) >= 11 is 0. The fraction of sp³-hybridized carbons (Fsp3) is 0.438. The third-order valence-electron chi connectivity index (χ3n) is 6.59. The van der Waals surface area contributed by atoms with Crippen molar-refractivity contribution < 1.29 is 0 Å². The summed E-state index contributed by atoms with van der Waals surface area (Å²) in [5.74, 6) is 0. The monoisotopic (exact) mass is 471 g/mol. The van der Waals surface area contributed by atoms with Crippen LogP contribution in [0.5, 0.6) is 0 Å². The molecule has 3 N–H and O–H groups in total. The molecule has 3 heteroatoms. The Bertz CT molecular complexity index is 955. The van der Waals surface area contributed by atoms with Gasteiger partial charge in [0.05, 0.1) is 12.1 Å². The van der Waals surface area contributed by atoms with Crippen LogP contribution in [0.1, 0.15) is 93.6 Å². The average Bonchev–Trinajstić information content (AvgIpc) is 2.91. The van der Waals surface area contributed by atoms with Crippen LogP contribution in [0.15, 0.2) is 78.9 Å². The molecule has 0 bridgehead atoms. The number of unbranched alkanes of at least 4 members (excludes halogenated alkanes) is 3. The lowest BCUT2D eigenvalue weighted by Gasteiger charge is -2.26. The molecule has 0 aliphatic carbocycles. The molecule has 0 saturated carbocycles. The van der Waals surface area contributed by atoms with Gasteiger partial charge in [-0.05, 0) is 66.7 Å². The number of benzene rings is 3. The van der Waals surface area contributed by atoms with E-state index >= 15 is 0 Å². The third-order valence-corrected chi connectivity index (χ3v) is 6.59. The molecular weight excluding hydrogens is 426 g/mol. The van der Waals surface area contributed by atoms with Gasteiger partial charge in [0.25, 0.3) is 0 Å². The number of nitrogens with one attached hydrogen (secondary N) is 3. The molecule has 0 spiro atoms. The predicted octanol–water partition coefficient (Wildman–Crippen LogP) is 7.86. The highest BCUT2D eigenvalue weighted by Crippen LogP contribution is 2.33. The zero-order chi connectivity index (χ0) is 24.7. The standard InChI is InChI=1S/C32H45N3/c1-4-7-22-33-30-21-20-28(31(34-23-8-5-2)26-16-12-10-13-17-26)25-29(30)32(35-24-9-6-3)27-18-14-11-15-19-27/h10-21,25,31-35H,4-9,22-24H2,1-3H3. The Morgan fingerprint density at radius 2 is 1.06 bits per heavy atom. The van der Waals surface area contributed by atoms with Crippen LogP contribution in [0.4, 0.5) is 5.69 Å². The van der Waals surface area contributed by atoms with Crippen molar-refractivity contribution in [1.29, 1.82) is 0 Å². The van der Waals surface area contributed by atoms with Crippen LogP contribution in [0.2, 0.25) is 0 Å². The Morgan fingerprint density at radius 3 is 1.63 bits per heavy atom. The largest absolute Gasteiger partial charge is 0.385 e. The molecular formula is C32H45N3. The summed E-state index contributed by atoms with van der Waals surface area (Å²) < 4.78 is 0. The third kappa shape index (κ3) is 8.23. The van der Waals surface area contributed by atoms with Crippen molar-refractivity contribution >= 4 is 5.69 Å². The van der Waals surface area contributed by atoms with Gasteiger partial charge < -0.3 is 16.0 Å². The van der Waals surface area contributed by atoms with Crippen molar-refractivity contribution in [3.05, 3.63) is 101 Å². The summed E-state index contributed by atoms with van der Waals surface area (Å²) in [5, 5.41) is 11.5. The van der Waals surface area contributed by atoms with Crippen molar-refractivity contribution in [2.24, 2.45) is 0 Å². The van der Waals surface area contributed by atoms with E-state index in [2.05, 4.69) is 116 Å². The van der Waals surface area contributed by atoms with Crippen molar-refractivity contribution in [2.45, 2.75) is 71.4 Å². The Balaban J connectivity index is 2.04. The minimum Gasteiger partial charge on any atom is -0.385 e. The molecule has 3 aromatic carbocycles. The van der Waals surface area contributed by atoms with Crippen LogP contribution in [0.3, 0.4) is 0 Å². The van der Waals surface area contributed by atoms with Crippen LogP contribution in [-0.4, -0.2) is 19.6 Å². The highest BCUT2D eigenvalue weighted by molar-refractivity contribution is 5.57. The topological polar surface area (TPSA) is 36.1 Å². The Morgan fingerprint density at radius 1 is 0.543 bits per heavy atom. The van der Waals surface area contributed by atoms with Gasteiger partial charge in [-0.3, -0.25) is 0 Å². The summed E-state index contributed by atoms with van der Waals surface area (Å²) in [6, 6.07) is 29.1. The van der Waals surface area contributed by atoms with Gasteiger partial charge in [0.15, 0.2) is 0 Å². The van der Waals surface area contributed by atoms with Gasteiger partial charge in [-0.25, -0.2) is 0 Å². The molecule has 0 radical (unpaired) electrons. The minimum atomic E-state index is 0.152. The van der Waals surface area contributed by atoms with Crippen LogP contribution < -0.4 is 16.0 Å². The van der Waals surface area contributed by atoms with E-state index in [0.29, 0.717) is 0 Å². The van der Waals surface area contributed by atoms with Crippen LogP contribution in [0, 0.1) is 0 Å². The van der Waals surface area contributed by atoms with Gasteiger partial charge in [0.1, 0.15) is 0 Å². The molecule has 3 nitrogen and oxygen atoms in total. The molecule has 3 rings (SSSR count). The fourth-order valence-electron chi connectivity index (χ4n) is 4.53. The van der Waals surface area contributed by atoms with Crippen molar-refractivity contribution in [1.82, 2.24) is 10.6 Å². The number of hydrogen-bond acceptors (Lipinski definition) is 3. The molecule has 0 amide bonds. The zero-order valence-electron chi connectivity index (χ0n) is 22.0. The lowest BCUT2D eigenvalue weighted by Crippen LogP contribution is -2.26. The highest BCUT2D eigenvalue weighted by atomic mass is 14.9. The molecule has 0 aromatic heterocycles. The summed E-state index contributed by atoms with van der Waals surface area (Å²) in [7, 11) is 0. The smallest absolute Gasteiger partial charge is 0.0597 e. The van der Waals surface area contributed by atoms with E-state index in [1.807, 2.05) is 0 Å². The predicted molar refractivity (Wildman–Crippen MR) is 152 cm³/mol. The van der Waals surface area contributed by atoms with E-state index in [-0.39, 0.29) is 12.1 Å². The van der Waals surface area contributed by atoms with Gasteiger partial charge in [0.2, 0.25) is 0 Å². The van der Waals surface area contributed by atoms with E-state index in [4.69, 9.17) is 0 Å². The molecule has 188 valence electrons. The number of anilines is 1. The van der Waals surface area contributed by atoms with Gasteiger partial charge in [-0.15, -0.1) is 0 Å². The number of rotatable bonds is 16. The lowest BCUT2D eigenvalue weighted by atomic mass is 9.91. The first-order valence-electron chi connectivity index (χ1n) is 13.7.